The molecule has 28 heavy (non-hydrogen) atoms. The molecule has 0 fully saturated rings. The molecule has 1 heterocycles. The van der Waals surface area contributed by atoms with Gasteiger partial charge < -0.3 is 10.0 Å². The molecule has 1 aliphatic heterocycles. The highest BCUT2D eigenvalue weighted by Crippen LogP contribution is 2.52. The number of hydrogen-bond donors (Lipinski definition) is 1. The molecule has 6 heteroatoms. The number of nitrogens with zero attached hydrogens (tertiary/aromatic N) is 1. The largest absolute Gasteiger partial charge is 0.506 e. The number of benzene rings is 1. The van der Waals surface area contributed by atoms with Crippen LogP contribution in [0, 0.1) is 0 Å². The lowest BCUT2D eigenvalue weighted by atomic mass is 9.70. The molecular formula is C22H23Br2NO3. The van der Waals surface area contributed by atoms with Gasteiger partial charge >= 0.3 is 0 Å². The second-order valence-electron chi connectivity index (χ2n) is 7.68. The molecular weight excluding hydrogens is 486 g/mol. The van der Waals surface area contributed by atoms with Crippen LogP contribution >= 0.6 is 31.9 Å². The molecule has 4 nitrogen and oxygen atoms in total. The molecule has 1 N–H and O–H groups in total. The van der Waals surface area contributed by atoms with Crippen molar-refractivity contribution < 1.29 is 14.7 Å². The van der Waals surface area contributed by atoms with Gasteiger partial charge in [-0.1, -0.05) is 22.9 Å². The Balaban J connectivity index is 2.01. The van der Waals surface area contributed by atoms with E-state index in [0.717, 1.165) is 54.5 Å². The average molecular weight is 509 g/mol. The van der Waals surface area contributed by atoms with Crippen LogP contribution in [-0.2, 0) is 9.59 Å². The van der Waals surface area contributed by atoms with Crippen LogP contribution in [0.15, 0.2) is 43.6 Å². The second-order valence-corrected chi connectivity index (χ2v) is 9.45. The normalized spacial score (nSPS) is 20.6. The van der Waals surface area contributed by atoms with E-state index in [1.165, 1.54) is 0 Å². The summed E-state index contributed by atoms with van der Waals surface area (Å²) in [5, 5.41) is 10.8. The van der Waals surface area contributed by atoms with Gasteiger partial charge in [0.05, 0.1) is 4.47 Å². The van der Waals surface area contributed by atoms with Gasteiger partial charge in [0.1, 0.15) is 5.75 Å². The summed E-state index contributed by atoms with van der Waals surface area (Å²) in [5.74, 6) is -0.166. The van der Waals surface area contributed by atoms with Crippen LogP contribution in [0.2, 0.25) is 0 Å². The monoisotopic (exact) mass is 507 g/mol. The Bertz CT molecular complexity index is 888. The quantitative estimate of drug-likeness (QED) is 0.565. The van der Waals surface area contributed by atoms with Crippen molar-refractivity contribution in [1.82, 2.24) is 4.90 Å². The molecule has 1 aromatic rings. The number of hydrogen-bond acceptors (Lipinski definition) is 4. The van der Waals surface area contributed by atoms with E-state index in [2.05, 4.69) is 43.7 Å². The van der Waals surface area contributed by atoms with E-state index in [0.29, 0.717) is 34.0 Å². The Morgan fingerprint density at radius 3 is 2.11 bits per heavy atom. The number of phenolic OH excluding ortho intramolecular Hbond substituents is 1. The Morgan fingerprint density at radius 2 is 1.57 bits per heavy atom. The minimum Gasteiger partial charge on any atom is -0.506 e. The molecule has 0 saturated heterocycles. The minimum atomic E-state index is -0.479. The van der Waals surface area contributed by atoms with Crippen LogP contribution in [0.4, 0.5) is 0 Å². The lowest BCUT2D eigenvalue weighted by Gasteiger charge is -2.44. The highest BCUT2D eigenvalue weighted by Gasteiger charge is 2.44. The first kappa shape index (κ1) is 19.9. The number of halogens is 2. The molecule has 0 amide bonds. The number of rotatable bonds is 3. The van der Waals surface area contributed by atoms with E-state index < -0.39 is 5.92 Å². The molecule has 0 saturated carbocycles. The summed E-state index contributed by atoms with van der Waals surface area (Å²) in [6.45, 7) is 2.94. The van der Waals surface area contributed by atoms with Gasteiger partial charge in [0.15, 0.2) is 11.6 Å². The molecule has 0 spiro atoms. The van der Waals surface area contributed by atoms with Crippen LogP contribution in [0.3, 0.4) is 0 Å². The minimum absolute atomic E-state index is 0.104. The maximum Gasteiger partial charge on any atom is 0.161 e. The zero-order valence-electron chi connectivity index (χ0n) is 15.9. The third kappa shape index (κ3) is 3.18. The van der Waals surface area contributed by atoms with Crippen LogP contribution in [0.1, 0.15) is 63.4 Å². The summed E-state index contributed by atoms with van der Waals surface area (Å²) < 4.78 is 1.36. The summed E-state index contributed by atoms with van der Waals surface area (Å²) in [4.78, 5) is 28.5. The van der Waals surface area contributed by atoms with Gasteiger partial charge in [0.25, 0.3) is 0 Å². The molecule has 0 unspecified atom stereocenters. The smallest absolute Gasteiger partial charge is 0.161 e. The number of phenols is 1. The van der Waals surface area contributed by atoms with Gasteiger partial charge in [-0.3, -0.25) is 9.59 Å². The van der Waals surface area contributed by atoms with Crippen molar-refractivity contribution >= 4 is 43.4 Å². The first-order valence-electron chi connectivity index (χ1n) is 9.92. The van der Waals surface area contributed by atoms with E-state index in [1.54, 1.807) is 6.07 Å². The molecule has 0 bridgehead atoms. The fourth-order valence-electron chi connectivity index (χ4n) is 4.83. The first-order valence-corrected chi connectivity index (χ1v) is 11.5. The molecule has 4 rings (SSSR count). The van der Waals surface area contributed by atoms with Crippen molar-refractivity contribution in [3.05, 3.63) is 49.2 Å². The summed E-state index contributed by atoms with van der Waals surface area (Å²) in [7, 11) is 0. The SMILES string of the molecule is CCCN1C2=C(C(=O)CCC2)C(c2cc(Br)cc(Br)c2O)C2=C1CCCC2=O. The summed E-state index contributed by atoms with van der Waals surface area (Å²) in [5.41, 5.74) is 4.19. The highest BCUT2D eigenvalue weighted by molar-refractivity contribution is 9.11. The van der Waals surface area contributed by atoms with E-state index in [4.69, 9.17) is 0 Å². The van der Waals surface area contributed by atoms with Gasteiger partial charge in [0.2, 0.25) is 0 Å². The number of carbonyl (C=O) groups is 2. The lowest BCUT2D eigenvalue weighted by Crippen LogP contribution is -2.39. The maximum absolute atomic E-state index is 13.1. The maximum atomic E-state index is 13.1. The Labute approximate surface area is 181 Å². The predicted octanol–water partition coefficient (Wildman–Crippen LogP) is 5.74. The molecule has 0 atom stereocenters. The van der Waals surface area contributed by atoms with Crippen molar-refractivity contribution in [3.8, 4) is 5.75 Å². The first-order chi connectivity index (χ1) is 13.4. The van der Waals surface area contributed by atoms with Crippen molar-refractivity contribution in [2.24, 2.45) is 0 Å². The van der Waals surface area contributed by atoms with E-state index in [1.807, 2.05) is 6.07 Å². The molecule has 3 aliphatic rings. The van der Waals surface area contributed by atoms with E-state index in [9.17, 15) is 14.7 Å². The van der Waals surface area contributed by atoms with Crippen LogP contribution < -0.4 is 0 Å². The number of allylic oxidation sites excluding steroid dienone is 4. The number of ketones is 2. The summed E-state index contributed by atoms with van der Waals surface area (Å²) >= 11 is 6.92. The van der Waals surface area contributed by atoms with Crippen molar-refractivity contribution in [2.75, 3.05) is 6.54 Å². The highest BCUT2D eigenvalue weighted by atomic mass is 79.9. The van der Waals surface area contributed by atoms with Gasteiger partial charge in [-0.15, -0.1) is 0 Å². The Kier molecular flexibility index (Phi) is 5.53. The third-order valence-electron chi connectivity index (χ3n) is 5.90. The van der Waals surface area contributed by atoms with Gasteiger partial charge in [-0.2, -0.15) is 0 Å². The van der Waals surface area contributed by atoms with Gasteiger partial charge in [-0.25, -0.2) is 0 Å². The van der Waals surface area contributed by atoms with Crippen molar-refractivity contribution in [2.45, 2.75) is 57.8 Å². The summed E-state index contributed by atoms with van der Waals surface area (Å²) in [6, 6.07) is 3.63. The zero-order chi connectivity index (χ0) is 20.0. The van der Waals surface area contributed by atoms with E-state index >= 15 is 0 Å². The predicted molar refractivity (Wildman–Crippen MR) is 115 cm³/mol. The molecule has 1 aromatic carbocycles. The topological polar surface area (TPSA) is 57.6 Å². The average Bonchev–Trinajstić information content (AvgIpc) is 2.66. The lowest BCUT2D eigenvalue weighted by molar-refractivity contribution is -0.117. The van der Waals surface area contributed by atoms with Gasteiger partial charge in [0, 0.05) is 57.9 Å². The molecule has 2 aliphatic carbocycles. The van der Waals surface area contributed by atoms with Crippen LogP contribution in [0.5, 0.6) is 5.75 Å². The van der Waals surface area contributed by atoms with Crippen molar-refractivity contribution in [3.63, 3.8) is 0 Å². The standard InChI is InChI=1S/C22H23Br2NO3/c1-2-9-25-15-5-3-7-17(26)20(15)19(21-16(25)6-4-8-18(21)27)13-10-12(23)11-14(24)22(13)28/h10-11,19,28H,2-9H2,1H3. The Morgan fingerprint density at radius 1 is 1.00 bits per heavy atom. The molecule has 0 radical (unpaired) electrons. The number of Topliss-reactive ketones (excluding diaryl/α,β-unsaturated/α-hetero) is 2. The number of carbonyl (C=O) groups excluding carboxylic acids is 2. The number of aromatic hydroxyl groups is 1. The van der Waals surface area contributed by atoms with Crippen LogP contribution in [0.25, 0.3) is 0 Å². The second kappa shape index (κ2) is 7.79. The molecule has 148 valence electrons. The van der Waals surface area contributed by atoms with Gasteiger partial charge in [-0.05, 0) is 60.2 Å². The Hall–Kier alpha value is -1.40. The van der Waals surface area contributed by atoms with Crippen LogP contribution in [-0.4, -0.2) is 28.1 Å². The zero-order valence-corrected chi connectivity index (χ0v) is 19.0. The van der Waals surface area contributed by atoms with E-state index in [-0.39, 0.29) is 17.3 Å². The fraction of sp³-hybridized carbons (Fsp3) is 0.455. The molecule has 0 aromatic heterocycles. The summed E-state index contributed by atoms with van der Waals surface area (Å²) in [6.07, 6.45) is 5.33. The van der Waals surface area contributed by atoms with Crippen molar-refractivity contribution in [1.29, 1.82) is 0 Å². The fourth-order valence-corrected chi connectivity index (χ4v) is 6.09. The third-order valence-corrected chi connectivity index (χ3v) is 6.96.